The van der Waals surface area contributed by atoms with Crippen molar-refractivity contribution in [3.63, 3.8) is 0 Å². The zero-order valence-corrected chi connectivity index (χ0v) is 8.78. The van der Waals surface area contributed by atoms with Crippen molar-refractivity contribution < 1.29 is 5.11 Å². The molecule has 1 aliphatic carbocycles. The highest BCUT2D eigenvalue weighted by atomic mass is 16.3. The molecule has 0 radical (unpaired) electrons. The molecule has 1 saturated heterocycles. The highest BCUT2D eigenvalue weighted by Crippen LogP contribution is 2.25. The SMILES string of the molecule is OC(CC1CC=CCC1)[C@@H]1CCCN1. The highest BCUT2D eigenvalue weighted by molar-refractivity contribution is 4.92. The van der Waals surface area contributed by atoms with Gasteiger partial charge in [-0.1, -0.05) is 12.2 Å². The van der Waals surface area contributed by atoms with Gasteiger partial charge in [0, 0.05) is 6.04 Å². The summed E-state index contributed by atoms with van der Waals surface area (Å²) in [6, 6.07) is 0.376. The van der Waals surface area contributed by atoms with E-state index in [9.17, 15) is 5.11 Å². The first-order valence-corrected chi connectivity index (χ1v) is 5.92. The van der Waals surface area contributed by atoms with Crippen molar-refractivity contribution in [1.82, 2.24) is 5.32 Å². The minimum Gasteiger partial charge on any atom is -0.391 e. The molecule has 2 heteroatoms. The van der Waals surface area contributed by atoms with Crippen LogP contribution in [-0.2, 0) is 0 Å². The second-order valence-electron chi connectivity index (χ2n) is 4.66. The summed E-state index contributed by atoms with van der Waals surface area (Å²) in [5.41, 5.74) is 0. The molecule has 2 aliphatic rings. The number of allylic oxidation sites excluding steroid dienone is 2. The van der Waals surface area contributed by atoms with Gasteiger partial charge in [-0.3, -0.25) is 0 Å². The van der Waals surface area contributed by atoms with Crippen molar-refractivity contribution in [2.45, 2.75) is 50.7 Å². The zero-order valence-electron chi connectivity index (χ0n) is 8.78. The molecule has 0 aromatic heterocycles. The largest absolute Gasteiger partial charge is 0.391 e. The summed E-state index contributed by atoms with van der Waals surface area (Å²) in [6.45, 7) is 1.09. The first-order chi connectivity index (χ1) is 6.86. The summed E-state index contributed by atoms with van der Waals surface area (Å²) >= 11 is 0. The Balaban J connectivity index is 1.75. The molecule has 1 fully saturated rings. The molecule has 0 aromatic rings. The van der Waals surface area contributed by atoms with Gasteiger partial charge >= 0.3 is 0 Å². The summed E-state index contributed by atoms with van der Waals surface area (Å²) in [5.74, 6) is 0.720. The van der Waals surface area contributed by atoms with Crippen molar-refractivity contribution >= 4 is 0 Å². The molecule has 14 heavy (non-hydrogen) atoms. The Morgan fingerprint density at radius 2 is 2.29 bits per heavy atom. The van der Waals surface area contributed by atoms with Crippen LogP contribution >= 0.6 is 0 Å². The lowest BCUT2D eigenvalue weighted by Crippen LogP contribution is -2.36. The van der Waals surface area contributed by atoms with Gasteiger partial charge in [0.05, 0.1) is 6.10 Å². The predicted molar refractivity (Wildman–Crippen MR) is 58.1 cm³/mol. The number of hydrogen-bond donors (Lipinski definition) is 2. The van der Waals surface area contributed by atoms with Gasteiger partial charge in [-0.05, 0) is 51.0 Å². The highest BCUT2D eigenvalue weighted by Gasteiger charge is 2.25. The lowest BCUT2D eigenvalue weighted by molar-refractivity contribution is 0.105. The Labute approximate surface area is 86.4 Å². The minimum atomic E-state index is -0.117. The van der Waals surface area contributed by atoms with Gasteiger partial charge in [-0.25, -0.2) is 0 Å². The Bertz CT molecular complexity index is 196. The Hall–Kier alpha value is -0.340. The van der Waals surface area contributed by atoms with Crippen LogP contribution in [0.4, 0.5) is 0 Å². The maximum atomic E-state index is 10.0. The van der Waals surface area contributed by atoms with Crippen molar-refractivity contribution in [2.75, 3.05) is 6.54 Å². The van der Waals surface area contributed by atoms with Gasteiger partial charge in [-0.15, -0.1) is 0 Å². The van der Waals surface area contributed by atoms with E-state index in [0.29, 0.717) is 6.04 Å². The molecule has 1 heterocycles. The van der Waals surface area contributed by atoms with E-state index in [2.05, 4.69) is 17.5 Å². The van der Waals surface area contributed by atoms with Crippen LogP contribution in [-0.4, -0.2) is 23.8 Å². The summed E-state index contributed by atoms with van der Waals surface area (Å²) in [7, 11) is 0. The molecule has 0 aromatic carbocycles. The summed E-state index contributed by atoms with van der Waals surface area (Å²) < 4.78 is 0. The molecule has 0 bridgehead atoms. The molecule has 0 spiro atoms. The Kier molecular flexibility index (Phi) is 3.60. The molecule has 1 aliphatic heterocycles. The fourth-order valence-electron chi connectivity index (χ4n) is 2.62. The van der Waals surface area contributed by atoms with Gasteiger partial charge in [0.1, 0.15) is 0 Å². The first-order valence-electron chi connectivity index (χ1n) is 5.92. The van der Waals surface area contributed by atoms with E-state index in [1.54, 1.807) is 0 Å². The van der Waals surface area contributed by atoms with Crippen molar-refractivity contribution in [2.24, 2.45) is 5.92 Å². The summed E-state index contributed by atoms with van der Waals surface area (Å²) in [4.78, 5) is 0. The lowest BCUT2D eigenvalue weighted by Gasteiger charge is -2.24. The monoisotopic (exact) mass is 195 g/mol. The number of hydrogen-bond acceptors (Lipinski definition) is 2. The summed E-state index contributed by atoms with van der Waals surface area (Å²) in [5, 5.41) is 13.4. The lowest BCUT2D eigenvalue weighted by atomic mass is 9.87. The molecule has 0 saturated carbocycles. The Morgan fingerprint density at radius 1 is 1.36 bits per heavy atom. The van der Waals surface area contributed by atoms with Crippen molar-refractivity contribution in [3.05, 3.63) is 12.2 Å². The zero-order chi connectivity index (χ0) is 9.80. The maximum Gasteiger partial charge on any atom is 0.0695 e. The smallest absolute Gasteiger partial charge is 0.0695 e. The summed E-state index contributed by atoms with van der Waals surface area (Å²) in [6.07, 6.45) is 11.4. The second-order valence-corrected chi connectivity index (χ2v) is 4.66. The van der Waals surface area contributed by atoms with E-state index in [4.69, 9.17) is 0 Å². The second kappa shape index (κ2) is 4.94. The first kappa shape index (κ1) is 10.2. The normalized spacial score (nSPS) is 34.6. The molecule has 2 unspecified atom stereocenters. The Morgan fingerprint density at radius 3 is 2.93 bits per heavy atom. The van der Waals surface area contributed by atoms with E-state index in [0.717, 1.165) is 25.3 Å². The molecule has 2 N–H and O–H groups in total. The van der Waals surface area contributed by atoms with E-state index < -0.39 is 0 Å². The third-order valence-electron chi connectivity index (χ3n) is 3.52. The van der Waals surface area contributed by atoms with Crippen LogP contribution in [0.1, 0.15) is 38.5 Å². The fourth-order valence-corrected chi connectivity index (χ4v) is 2.62. The standard InChI is InChI=1S/C12H21NO/c14-12(11-7-4-8-13-11)9-10-5-2-1-3-6-10/h1-2,10-14H,3-9H2/t10?,11-,12?/m0/s1. The van der Waals surface area contributed by atoms with E-state index in [1.165, 1.54) is 25.7 Å². The molecule has 2 rings (SSSR count). The van der Waals surface area contributed by atoms with Gasteiger partial charge in [0.15, 0.2) is 0 Å². The molecule has 80 valence electrons. The van der Waals surface area contributed by atoms with Gasteiger partial charge in [0.2, 0.25) is 0 Å². The fraction of sp³-hybridized carbons (Fsp3) is 0.833. The van der Waals surface area contributed by atoms with Gasteiger partial charge in [0.25, 0.3) is 0 Å². The third-order valence-corrected chi connectivity index (χ3v) is 3.52. The quantitative estimate of drug-likeness (QED) is 0.674. The van der Waals surface area contributed by atoms with Crippen LogP contribution in [0.5, 0.6) is 0 Å². The number of rotatable bonds is 3. The third kappa shape index (κ3) is 2.58. The number of aliphatic hydroxyl groups is 1. The van der Waals surface area contributed by atoms with E-state index in [-0.39, 0.29) is 6.10 Å². The minimum absolute atomic E-state index is 0.117. The average molecular weight is 195 g/mol. The van der Waals surface area contributed by atoms with Crippen molar-refractivity contribution in [3.8, 4) is 0 Å². The molecule has 0 amide bonds. The molecular weight excluding hydrogens is 174 g/mol. The van der Waals surface area contributed by atoms with Gasteiger partial charge in [-0.2, -0.15) is 0 Å². The molecule has 2 nitrogen and oxygen atoms in total. The molecule has 3 atom stereocenters. The van der Waals surface area contributed by atoms with Crippen LogP contribution in [0.15, 0.2) is 12.2 Å². The van der Waals surface area contributed by atoms with Crippen LogP contribution < -0.4 is 5.32 Å². The number of nitrogens with one attached hydrogen (secondary N) is 1. The van der Waals surface area contributed by atoms with Crippen LogP contribution in [0.2, 0.25) is 0 Å². The van der Waals surface area contributed by atoms with Crippen LogP contribution in [0, 0.1) is 5.92 Å². The van der Waals surface area contributed by atoms with Crippen LogP contribution in [0.3, 0.4) is 0 Å². The average Bonchev–Trinajstić information content (AvgIpc) is 2.72. The van der Waals surface area contributed by atoms with E-state index in [1.807, 2.05) is 0 Å². The van der Waals surface area contributed by atoms with E-state index >= 15 is 0 Å². The topological polar surface area (TPSA) is 32.3 Å². The number of aliphatic hydroxyl groups excluding tert-OH is 1. The van der Waals surface area contributed by atoms with Gasteiger partial charge < -0.3 is 10.4 Å². The maximum absolute atomic E-state index is 10.0. The molecular formula is C12H21NO. The van der Waals surface area contributed by atoms with Crippen molar-refractivity contribution in [1.29, 1.82) is 0 Å². The van der Waals surface area contributed by atoms with Crippen LogP contribution in [0.25, 0.3) is 0 Å². The predicted octanol–water partition coefficient (Wildman–Crippen LogP) is 1.85.